The van der Waals surface area contributed by atoms with Gasteiger partial charge in [0.2, 0.25) is 5.91 Å². The minimum atomic E-state index is -1.05. The number of carbonyl (C=O) groups excluding carboxylic acids is 2. The van der Waals surface area contributed by atoms with E-state index in [0.29, 0.717) is 17.3 Å². The van der Waals surface area contributed by atoms with Crippen LogP contribution in [0.1, 0.15) is 66.6 Å². The highest BCUT2D eigenvalue weighted by Gasteiger charge is 2.33. The van der Waals surface area contributed by atoms with Crippen LogP contribution in [0.15, 0.2) is 42.6 Å². The van der Waals surface area contributed by atoms with Crippen LogP contribution in [-0.4, -0.2) is 39.1 Å². The first-order valence-corrected chi connectivity index (χ1v) is 12.7. The van der Waals surface area contributed by atoms with E-state index in [1.165, 1.54) is 0 Å². The van der Waals surface area contributed by atoms with Crippen molar-refractivity contribution in [1.82, 2.24) is 10.2 Å². The topological polar surface area (TPSA) is 115 Å². The first-order valence-electron chi connectivity index (χ1n) is 11.9. The Bertz CT molecular complexity index is 1190. The number of H-pyrrole nitrogens is 1. The van der Waals surface area contributed by atoms with Crippen molar-refractivity contribution in [2.45, 2.75) is 52.5 Å². The molecule has 0 radical (unpaired) electrons. The van der Waals surface area contributed by atoms with Crippen LogP contribution in [0, 0.1) is 11.8 Å². The van der Waals surface area contributed by atoms with Gasteiger partial charge < -0.3 is 15.3 Å². The third-order valence-corrected chi connectivity index (χ3v) is 7.61. The molecule has 9 heteroatoms. The number of carboxylic acid groups (broad SMARTS) is 1. The molecular formula is C26H30N4O4S. The van der Waals surface area contributed by atoms with E-state index in [0.717, 1.165) is 47.5 Å². The minimum absolute atomic E-state index is 0.00942. The fourth-order valence-corrected chi connectivity index (χ4v) is 5.50. The number of anilines is 2. The van der Waals surface area contributed by atoms with Crippen molar-refractivity contribution >= 4 is 40.5 Å². The molecule has 0 saturated heterocycles. The van der Waals surface area contributed by atoms with Crippen molar-refractivity contribution < 1.29 is 19.5 Å². The number of hydrogen-bond donors (Lipinski definition) is 3. The highest BCUT2D eigenvalue weighted by molar-refractivity contribution is 7.18. The average Bonchev–Trinajstić information content (AvgIpc) is 3.51. The van der Waals surface area contributed by atoms with Crippen molar-refractivity contribution in [3.05, 3.63) is 53.2 Å². The number of rotatable bonds is 7. The summed E-state index contributed by atoms with van der Waals surface area (Å²) in [5.41, 5.74) is 2.15. The highest BCUT2D eigenvalue weighted by Crippen LogP contribution is 2.40. The second-order valence-corrected chi connectivity index (χ2v) is 10.4. The molecule has 1 aliphatic carbocycles. The van der Waals surface area contributed by atoms with Gasteiger partial charge in [0.05, 0.1) is 5.69 Å². The summed E-state index contributed by atoms with van der Waals surface area (Å²) in [6.45, 7) is 6.05. The lowest BCUT2D eigenvalue weighted by atomic mass is 9.82. The summed E-state index contributed by atoms with van der Waals surface area (Å²) in [6, 6.07) is 10.4. The second kappa shape index (κ2) is 10.4. The van der Waals surface area contributed by atoms with Crippen molar-refractivity contribution in [3.8, 4) is 10.4 Å². The lowest BCUT2D eigenvalue weighted by Crippen LogP contribution is -2.42. The largest absolute Gasteiger partial charge is 0.477 e. The molecule has 1 saturated carbocycles. The molecule has 4 rings (SSSR count). The number of thiophene rings is 1. The van der Waals surface area contributed by atoms with Gasteiger partial charge in [-0.1, -0.05) is 19.1 Å². The van der Waals surface area contributed by atoms with Crippen LogP contribution in [-0.2, 0) is 4.79 Å². The molecule has 35 heavy (non-hydrogen) atoms. The Hall–Kier alpha value is -3.46. The Labute approximate surface area is 208 Å². The quantitative estimate of drug-likeness (QED) is 0.392. The fraction of sp³-hybridized carbons (Fsp3) is 0.385. The van der Waals surface area contributed by atoms with Gasteiger partial charge >= 0.3 is 5.97 Å². The molecule has 2 heterocycles. The van der Waals surface area contributed by atoms with Gasteiger partial charge in [-0.2, -0.15) is 5.10 Å². The van der Waals surface area contributed by atoms with Gasteiger partial charge in [-0.3, -0.25) is 14.7 Å². The third-order valence-electron chi connectivity index (χ3n) is 6.45. The smallest absolute Gasteiger partial charge is 0.348 e. The molecule has 0 bridgehead atoms. The Morgan fingerprint density at radius 2 is 1.80 bits per heavy atom. The van der Waals surface area contributed by atoms with Crippen molar-refractivity contribution in [1.29, 1.82) is 0 Å². The predicted octanol–water partition coefficient (Wildman–Crippen LogP) is 5.66. The number of aromatic carboxylic acids is 1. The molecular weight excluding hydrogens is 464 g/mol. The monoisotopic (exact) mass is 494 g/mol. The fourth-order valence-electron chi connectivity index (χ4n) is 4.51. The average molecular weight is 495 g/mol. The van der Waals surface area contributed by atoms with Gasteiger partial charge in [0.1, 0.15) is 10.6 Å². The molecule has 0 unspecified atom stereocenters. The molecule has 2 aromatic heterocycles. The highest BCUT2D eigenvalue weighted by atomic mass is 32.1. The molecule has 8 nitrogen and oxygen atoms in total. The molecule has 2 amide bonds. The summed E-state index contributed by atoms with van der Waals surface area (Å²) >= 11 is 1.15. The van der Waals surface area contributed by atoms with Crippen molar-refractivity contribution in [3.63, 3.8) is 0 Å². The van der Waals surface area contributed by atoms with Crippen LogP contribution in [0.3, 0.4) is 0 Å². The zero-order valence-corrected chi connectivity index (χ0v) is 20.9. The number of carbonyl (C=O) groups is 3. The van der Waals surface area contributed by atoms with Crippen LogP contribution >= 0.6 is 11.3 Å². The van der Waals surface area contributed by atoms with E-state index >= 15 is 0 Å². The van der Waals surface area contributed by atoms with E-state index < -0.39 is 5.97 Å². The summed E-state index contributed by atoms with van der Waals surface area (Å²) in [4.78, 5) is 40.4. The molecule has 1 aliphatic rings. The first-order chi connectivity index (χ1) is 16.7. The van der Waals surface area contributed by atoms with E-state index in [-0.39, 0.29) is 34.3 Å². The Balaban J connectivity index is 1.59. The van der Waals surface area contributed by atoms with Gasteiger partial charge in [-0.05, 0) is 75.3 Å². The van der Waals surface area contributed by atoms with Gasteiger partial charge in [-0.15, -0.1) is 11.3 Å². The lowest BCUT2D eigenvalue weighted by Gasteiger charge is -2.33. The van der Waals surface area contributed by atoms with Crippen LogP contribution < -0.4 is 10.2 Å². The Morgan fingerprint density at radius 1 is 1.11 bits per heavy atom. The third kappa shape index (κ3) is 5.45. The molecule has 0 aliphatic heterocycles. The number of nitrogens with zero attached hydrogens (tertiary/aromatic N) is 2. The number of nitrogens with one attached hydrogen (secondary N) is 2. The molecule has 3 aromatic rings. The maximum Gasteiger partial charge on any atom is 0.348 e. The van der Waals surface area contributed by atoms with Gasteiger partial charge in [0.15, 0.2) is 0 Å². The molecule has 3 N–H and O–H groups in total. The SMILES string of the molecule is CC(C)N(c1cc(-c2ccc(NC(=O)c3cc[nH]n3)cc2)sc1C(=O)O)C(=O)[C@H]1CC[C@H](C)CC1. The molecule has 0 atom stereocenters. The normalized spacial score (nSPS) is 17.8. The number of aromatic nitrogens is 2. The van der Waals surface area contributed by atoms with Crippen LogP contribution in [0.2, 0.25) is 0 Å². The second-order valence-electron chi connectivity index (χ2n) is 9.38. The summed E-state index contributed by atoms with van der Waals surface area (Å²) in [5.74, 6) is -0.810. The first kappa shape index (κ1) is 24.7. The molecule has 0 spiro atoms. The number of benzene rings is 1. The van der Waals surface area contributed by atoms with Crippen LogP contribution in [0.5, 0.6) is 0 Å². The van der Waals surface area contributed by atoms with E-state index in [1.807, 2.05) is 26.0 Å². The lowest BCUT2D eigenvalue weighted by molar-refractivity contribution is -0.123. The molecule has 184 valence electrons. The number of amides is 2. The van der Waals surface area contributed by atoms with Crippen LogP contribution in [0.25, 0.3) is 10.4 Å². The van der Waals surface area contributed by atoms with Crippen molar-refractivity contribution in [2.75, 3.05) is 10.2 Å². The van der Waals surface area contributed by atoms with E-state index in [2.05, 4.69) is 22.4 Å². The van der Waals surface area contributed by atoms with E-state index in [9.17, 15) is 19.5 Å². The zero-order valence-electron chi connectivity index (χ0n) is 20.1. The molecule has 1 aromatic carbocycles. The predicted molar refractivity (Wildman–Crippen MR) is 137 cm³/mol. The summed E-state index contributed by atoms with van der Waals surface area (Å²) in [5, 5.41) is 19.2. The van der Waals surface area contributed by atoms with E-state index in [4.69, 9.17) is 0 Å². The maximum absolute atomic E-state index is 13.5. The summed E-state index contributed by atoms with van der Waals surface area (Å²) < 4.78 is 0. The summed E-state index contributed by atoms with van der Waals surface area (Å²) in [7, 11) is 0. The van der Waals surface area contributed by atoms with Crippen LogP contribution in [0.4, 0.5) is 11.4 Å². The number of hydrogen-bond acceptors (Lipinski definition) is 5. The van der Waals surface area contributed by atoms with Crippen molar-refractivity contribution in [2.24, 2.45) is 11.8 Å². The van der Waals surface area contributed by atoms with E-state index in [1.54, 1.807) is 35.4 Å². The number of carboxylic acids is 1. The standard InChI is InChI=1S/C26H30N4O4S/c1-15(2)30(25(32)18-6-4-16(3)5-7-18)21-14-22(35-23(21)26(33)34)17-8-10-19(11-9-17)28-24(31)20-12-13-27-29-20/h8-16,18H,4-7H2,1-3H3,(H,27,29)(H,28,31)(H,33,34)/t16-,18-. The van der Waals surface area contributed by atoms with Gasteiger partial charge in [0.25, 0.3) is 5.91 Å². The minimum Gasteiger partial charge on any atom is -0.477 e. The maximum atomic E-state index is 13.5. The van der Waals surface area contributed by atoms with Gasteiger partial charge in [-0.25, -0.2) is 4.79 Å². The molecule has 1 fully saturated rings. The summed E-state index contributed by atoms with van der Waals surface area (Å²) in [6.07, 6.45) is 5.30. The van der Waals surface area contributed by atoms with Gasteiger partial charge in [0, 0.05) is 28.7 Å². The Morgan fingerprint density at radius 3 is 2.37 bits per heavy atom. The zero-order chi connectivity index (χ0) is 25.1. The number of aromatic amines is 1. The Kier molecular flexibility index (Phi) is 7.35.